The van der Waals surface area contributed by atoms with Crippen LogP contribution in [0.1, 0.15) is 17.0 Å². The van der Waals surface area contributed by atoms with E-state index in [0.29, 0.717) is 17.0 Å². The highest BCUT2D eigenvalue weighted by Gasteiger charge is 2.22. The van der Waals surface area contributed by atoms with Crippen molar-refractivity contribution >= 4 is 39.0 Å². The lowest BCUT2D eigenvalue weighted by atomic mass is 9.91. The van der Waals surface area contributed by atoms with Gasteiger partial charge in [-0.1, -0.05) is 60.7 Å². The Morgan fingerprint density at radius 2 is 1.30 bits per heavy atom. The molecule has 4 aromatic heterocycles. The number of nitrogens with zero attached hydrogens (tertiary/aromatic N) is 5. The average molecular weight is 570 g/mol. The molecule has 6 aromatic rings. The van der Waals surface area contributed by atoms with Crippen LogP contribution in [0.15, 0.2) is 139 Å². The van der Waals surface area contributed by atoms with E-state index in [1.165, 1.54) is 0 Å². The minimum Gasteiger partial charge on any atom is -0.298 e. The maximum atomic E-state index is 9.22. The summed E-state index contributed by atoms with van der Waals surface area (Å²) < 4.78 is 0. The van der Waals surface area contributed by atoms with Gasteiger partial charge in [-0.2, -0.15) is 5.10 Å². The predicted octanol–water partition coefficient (Wildman–Crippen LogP) is 8.03. The first-order chi connectivity index (χ1) is 21.6. The largest absolute Gasteiger partial charge is 0.298 e. The molecule has 0 saturated carbocycles. The monoisotopic (exact) mass is 569 g/mol. The van der Waals surface area contributed by atoms with Gasteiger partial charge >= 0.3 is 0 Å². The van der Waals surface area contributed by atoms with Crippen LogP contribution >= 0.6 is 0 Å². The fourth-order valence-corrected chi connectivity index (χ4v) is 5.11. The number of hydrogen-bond acceptors (Lipinski definition) is 7. The number of anilines is 1. The smallest absolute Gasteiger partial charge is 0.110 e. The van der Waals surface area contributed by atoms with Gasteiger partial charge in [0.15, 0.2) is 0 Å². The number of aryl methyl sites for hydroxylation is 1. The summed E-state index contributed by atoms with van der Waals surface area (Å²) in [5, 5.41) is 16.1. The molecule has 2 aromatic carbocycles. The minimum atomic E-state index is 0.253. The van der Waals surface area contributed by atoms with Gasteiger partial charge in [0.2, 0.25) is 0 Å². The zero-order valence-corrected chi connectivity index (χ0v) is 23.9. The van der Waals surface area contributed by atoms with Crippen molar-refractivity contribution in [1.82, 2.24) is 19.9 Å². The molecule has 44 heavy (non-hydrogen) atoms. The second-order valence-corrected chi connectivity index (χ2v) is 10.4. The molecule has 2 N–H and O–H groups in total. The van der Waals surface area contributed by atoms with Gasteiger partial charge in [0.25, 0.3) is 0 Å². The lowest BCUT2D eigenvalue weighted by Crippen LogP contribution is -2.19. The third kappa shape index (κ3) is 5.42. The second-order valence-electron chi connectivity index (χ2n) is 10.4. The first kappa shape index (κ1) is 26.8. The van der Waals surface area contributed by atoms with Crippen molar-refractivity contribution in [2.24, 2.45) is 5.10 Å². The minimum absolute atomic E-state index is 0.253. The van der Waals surface area contributed by atoms with E-state index in [2.05, 4.69) is 33.6 Å². The lowest BCUT2D eigenvalue weighted by molar-refractivity contribution is 1.21. The highest BCUT2D eigenvalue weighted by molar-refractivity contribution is 6.62. The van der Waals surface area contributed by atoms with Gasteiger partial charge in [0, 0.05) is 28.9 Å². The Morgan fingerprint density at radius 1 is 0.614 bits per heavy atom. The number of hydrogen-bond donors (Lipinski definition) is 2. The topological polar surface area (TPSA) is 99.8 Å². The Kier molecular flexibility index (Phi) is 7.10. The van der Waals surface area contributed by atoms with Gasteiger partial charge in [-0.25, -0.2) is 9.97 Å². The van der Waals surface area contributed by atoms with Gasteiger partial charge < -0.3 is 0 Å². The SMILES string of the molecule is Cc1ccc(-c2cccc(C3=C/C(=N/Nc4cccc5ccccc45)C(=N)C(c4cccc(-c5ccccn5)n4)=C3)n2)nc1. The lowest BCUT2D eigenvalue weighted by Gasteiger charge is -2.18. The third-order valence-corrected chi connectivity index (χ3v) is 7.38. The Balaban J connectivity index is 1.33. The molecule has 1 aliphatic rings. The van der Waals surface area contributed by atoms with Crippen molar-refractivity contribution in [1.29, 1.82) is 5.41 Å². The fourth-order valence-electron chi connectivity index (χ4n) is 5.11. The average Bonchev–Trinajstić information content (AvgIpc) is 3.08. The molecule has 210 valence electrons. The summed E-state index contributed by atoms with van der Waals surface area (Å²) in [6.07, 6.45) is 7.43. The zero-order chi connectivity index (χ0) is 29.9. The van der Waals surface area contributed by atoms with Crippen LogP contribution in [-0.4, -0.2) is 31.4 Å². The van der Waals surface area contributed by atoms with Crippen molar-refractivity contribution in [3.8, 4) is 22.8 Å². The summed E-state index contributed by atoms with van der Waals surface area (Å²) >= 11 is 0. The van der Waals surface area contributed by atoms with Crippen molar-refractivity contribution in [2.45, 2.75) is 6.92 Å². The maximum absolute atomic E-state index is 9.22. The highest BCUT2D eigenvalue weighted by Crippen LogP contribution is 2.30. The number of pyridine rings is 4. The summed E-state index contributed by atoms with van der Waals surface area (Å²) in [6.45, 7) is 2.01. The first-order valence-electron chi connectivity index (χ1n) is 14.3. The van der Waals surface area contributed by atoms with E-state index in [1.807, 2.05) is 116 Å². The van der Waals surface area contributed by atoms with Crippen molar-refractivity contribution in [2.75, 3.05) is 5.43 Å². The molecular weight excluding hydrogens is 542 g/mol. The number of fused-ring (bicyclic) bond motifs is 1. The predicted molar refractivity (Wildman–Crippen MR) is 178 cm³/mol. The van der Waals surface area contributed by atoms with E-state index in [1.54, 1.807) is 6.20 Å². The molecule has 7 rings (SSSR count). The maximum Gasteiger partial charge on any atom is 0.110 e. The number of benzene rings is 2. The third-order valence-electron chi connectivity index (χ3n) is 7.38. The highest BCUT2D eigenvalue weighted by atomic mass is 15.3. The molecule has 0 fully saturated rings. The van der Waals surface area contributed by atoms with E-state index in [0.717, 1.165) is 56.1 Å². The molecule has 0 spiro atoms. The number of aromatic nitrogens is 4. The Morgan fingerprint density at radius 3 is 2.09 bits per heavy atom. The number of allylic oxidation sites excluding steroid dienone is 4. The summed E-state index contributed by atoms with van der Waals surface area (Å²) in [5.41, 5.74) is 11.8. The number of nitrogens with one attached hydrogen (secondary N) is 2. The second kappa shape index (κ2) is 11.7. The van der Waals surface area contributed by atoms with E-state index in [-0.39, 0.29) is 5.71 Å². The van der Waals surface area contributed by atoms with Crippen LogP contribution in [0, 0.1) is 12.3 Å². The van der Waals surface area contributed by atoms with Crippen LogP contribution in [0.4, 0.5) is 5.69 Å². The van der Waals surface area contributed by atoms with Gasteiger partial charge in [0.05, 0.1) is 45.6 Å². The van der Waals surface area contributed by atoms with Gasteiger partial charge in [-0.05, 0) is 78.6 Å². The number of hydrazone groups is 1. The van der Waals surface area contributed by atoms with E-state index < -0.39 is 0 Å². The molecule has 0 atom stereocenters. The van der Waals surface area contributed by atoms with Crippen LogP contribution in [0.25, 0.3) is 44.7 Å². The number of rotatable bonds is 6. The van der Waals surface area contributed by atoms with E-state index in [4.69, 9.17) is 15.1 Å². The van der Waals surface area contributed by atoms with Gasteiger partial charge in [0.1, 0.15) is 5.71 Å². The van der Waals surface area contributed by atoms with Crippen molar-refractivity contribution < 1.29 is 0 Å². The van der Waals surface area contributed by atoms with Crippen LogP contribution < -0.4 is 5.43 Å². The summed E-state index contributed by atoms with van der Waals surface area (Å²) in [7, 11) is 0. The molecule has 7 heteroatoms. The standard InChI is InChI=1S/C37H27N7/c1-24-18-19-33(40-23-24)35-16-7-13-29(41-35)26-21-28(30-14-8-17-34(42-30)32-12-4-5-20-39-32)37(38)36(22-26)44-43-31-15-6-10-25-9-2-3-11-27(25)31/h2-23,38,43H,1H3/b38-37?,44-36-. The normalized spacial score (nSPS) is 13.9. The Bertz CT molecular complexity index is 2110. The van der Waals surface area contributed by atoms with Crippen LogP contribution in [0.2, 0.25) is 0 Å². The Labute approximate surface area is 254 Å². The quantitative estimate of drug-likeness (QED) is 0.156. The summed E-state index contributed by atoms with van der Waals surface area (Å²) in [6, 6.07) is 35.6. The summed E-state index contributed by atoms with van der Waals surface area (Å²) in [5.74, 6) is 0. The van der Waals surface area contributed by atoms with Gasteiger partial charge in [-0.3, -0.25) is 20.8 Å². The molecular formula is C37H27N7. The van der Waals surface area contributed by atoms with Crippen LogP contribution in [-0.2, 0) is 0 Å². The van der Waals surface area contributed by atoms with E-state index >= 15 is 0 Å². The summed E-state index contributed by atoms with van der Waals surface area (Å²) in [4.78, 5) is 18.9. The van der Waals surface area contributed by atoms with Crippen molar-refractivity contribution in [3.05, 3.63) is 151 Å². The molecule has 0 bridgehead atoms. The molecule has 4 heterocycles. The molecule has 0 radical (unpaired) electrons. The molecule has 0 amide bonds. The first-order valence-corrected chi connectivity index (χ1v) is 14.3. The molecule has 0 aliphatic heterocycles. The Hall–Kier alpha value is -6.08. The van der Waals surface area contributed by atoms with E-state index in [9.17, 15) is 5.41 Å². The molecule has 0 unspecified atom stereocenters. The molecule has 0 saturated heterocycles. The molecule has 1 aliphatic carbocycles. The van der Waals surface area contributed by atoms with Gasteiger partial charge in [-0.15, -0.1) is 0 Å². The fraction of sp³-hybridized carbons (Fsp3) is 0.0270. The van der Waals surface area contributed by atoms with Crippen LogP contribution in [0.5, 0.6) is 0 Å². The van der Waals surface area contributed by atoms with Crippen LogP contribution in [0.3, 0.4) is 0 Å². The van der Waals surface area contributed by atoms with Crippen molar-refractivity contribution in [3.63, 3.8) is 0 Å². The zero-order valence-electron chi connectivity index (χ0n) is 23.9. The molecule has 7 nitrogen and oxygen atoms in total.